The third-order valence-corrected chi connectivity index (χ3v) is 12.5. The summed E-state index contributed by atoms with van der Waals surface area (Å²) in [6.07, 6.45) is 0. The Morgan fingerprint density at radius 1 is 1.00 bits per heavy atom. The molecular weight excluding hydrogens is 394 g/mol. The molecular formula is C24H33NO4Si. The van der Waals surface area contributed by atoms with Crippen LogP contribution in [0.5, 0.6) is 0 Å². The molecule has 2 atom stereocenters. The van der Waals surface area contributed by atoms with Crippen molar-refractivity contribution in [3.63, 3.8) is 0 Å². The normalized spacial score (nSPS) is 19.0. The van der Waals surface area contributed by atoms with E-state index in [2.05, 4.69) is 41.5 Å². The van der Waals surface area contributed by atoms with Gasteiger partial charge in [-0.25, -0.2) is 4.79 Å². The number of ether oxygens (including phenoxy) is 1. The molecule has 0 spiro atoms. The van der Waals surface area contributed by atoms with Crippen molar-refractivity contribution in [1.82, 2.24) is 0 Å². The van der Waals surface area contributed by atoms with E-state index in [1.165, 1.54) is 7.11 Å². The van der Waals surface area contributed by atoms with Gasteiger partial charge < -0.3 is 9.16 Å². The molecule has 1 aromatic rings. The van der Waals surface area contributed by atoms with E-state index in [9.17, 15) is 9.59 Å². The third kappa shape index (κ3) is 3.96. The van der Waals surface area contributed by atoms with Crippen molar-refractivity contribution in [2.45, 2.75) is 65.1 Å². The topological polar surface area (TPSA) is 76.4 Å². The average molecular weight is 428 g/mol. The predicted octanol–water partition coefficient (Wildman–Crippen LogP) is 5.63. The maximum absolute atomic E-state index is 13.2. The van der Waals surface area contributed by atoms with Crippen LogP contribution in [0.2, 0.25) is 16.6 Å². The van der Waals surface area contributed by atoms with Crippen LogP contribution in [0.15, 0.2) is 35.6 Å². The number of benzene rings is 1. The summed E-state index contributed by atoms with van der Waals surface area (Å²) in [4.78, 5) is 25.9. The van der Waals surface area contributed by atoms with Crippen LogP contribution in [-0.2, 0) is 14.0 Å². The Labute approximate surface area is 181 Å². The molecule has 0 heterocycles. The summed E-state index contributed by atoms with van der Waals surface area (Å²) in [5, 5.41) is 8.98. The van der Waals surface area contributed by atoms with Crippen LogP contribution in [-0.4, -0.2) is 27.2 Å². The summed E-state index contributed by atoms with van der Waals surface area (Å²) in [7, 11) is -0.941. The number of rotatable bonds is 8. The van der Waals surface area contributed by atoms with E-state index < -0.39 is 20.2 Å². The summed E-state index contributed by atoms with van der Waals surface area (Å²) < 4.78 is 11.8. The van der Waals surface area contributed by atoms with Crippen LogP contribution in [0.3, 0.4) is 0 Å². The first-order valence-corrected chi connectivity index (χ1v) is 12.7. The van der Waals surface area contributed by atoms with Gasteiger partial charge in [0.1, 0.15) is 0 Å². The molecule has 0 bridgehead atoms. The van der Waals surface area contributed by atoms with E-state index in [-0.39, 0.29) is 11.7 Å². The van der Waals surface area contributed by atoms with E-state index in [1.807, 2.05) is 13.0 Å². The zero-order valence-electron chi connectivity index (χ0n) is 19.3. The minimum absolute atomic E-state index is 0.148. The molecule has 1 aliphatic carbocycles. The fourth-order valence-corrected chi connectivity index (χ4v) is 10.4. The molecule has 6 heteroatoms. The van der Waals surface area contributed by atoms with Gasteiger partial charge in [-0.05, 0) is 28.8 Å². The molecule has 0 aliphatic heterocycles. The maximum Gasteiger partial charge on any atom is 0.337 e. The van der Waals surface area contributed by atoms with Gasteiger partial charge in [0, 0.05) is 11.5 Å². The predicted molar refractivity (Wildman–Crippen MR) is 119 cm³/mol. The molecule has 5 nitrogen and oxygen atoms in total. The lowest BCUT2D eigenvalue weighted by molar-refractivity contribution is -0.137. The SMILES string of the molecule is COC(=O)C1=C(O[Si](C(C)C)(C(C)C)C(C)C)[C@H](C)[C@H]1C(=O)c1ccc(C#N)cc1. The number of allylic oxidation sites excluding steroid dienone is 1. The highest BCUT2D eigenvalue weighted by Gasteiger charge is 2.54. The largest absolute Gasteiger partial charge is 0.545 e. The first-order valence-electron chi connectivity index (χ1n) is 10.6. The van der Waals surface area contributed by atoms with Crippen LogP contribution in [0.1, 0.15) is 64.4 Å². The van der Waals surface area contributed by atoms with E-state index in [0.29, 0.717) is 39.1 Å². The highest BCUT2D eigenvalue weighted by atomic mass is 28.4. The van der Waals surface area contributed by atoms with Gasteiger partial charge in [0.15, 0.2) is 5.78 Å². The van der Waals surface area contributed by atoms with Crippen molar-refractivity contribution in [1.29, 1.82) is 5.26 Å². The first kappa shape index (κ1) is 23.9. The molecule has 0 saturated heterocycles. The summed E-state index contributed by atoms with van der Waals surface area (Å²) in [5.74, 6) is -0.833. The van der Waals surface area contributed by atoms with Crippen LogP contribution >= 0.6 is 0 Å². The number of Topliss-reactive ketones (excluding diaryl/α,β-unsaturated/α-hetero) is 1. The number of nitriles is 1. The van der Waals surface area contributed by atoms with E-state index >= 15 is 0 Å². The average Bonchev–Trinajstić information content (AvgIpc) is 2.70. The third-order valence-electron chi connectivity index (χ3n) is 6.47. The Kier molecular flexibility index (Phi) is 7.30. The molecule has 30 heavy (non-hydrogen) atoms. The Morgan fingerprint density at radius 3 is 1.90 bits per heavy atom. The monoisotopic (exact) mass is 427 g/mol. The molecule has 1 aliphatic rings. The molecule has 0 radical (unpaired) electrons. The van der Waals surface area contributed by atoms with Gasteiger partial charge in [-0.15, -0.1) is 0 Å². The second-order valence-electron chi connectivity index (χ2n) is 9.01. The molecule has 1 aromatic carbocycles. The smallest absolute Gasteiger partial charge is 0.337 e. The van der Waals surface area contributed by atoms with E-state index in [1.54, 1.807) is 24.3 Å². The number of hydrogen-bond donors (Lipinski definition) is 0. The van der Waals surface area contributed by atoms with E-state index in [4.69, 9.17) is 14.4 Å². The molecule has 162 valence electrons. The quantitative estimate of drug-likeness (QED) is 0.305. The number of esters is 1. The molecule has 0 unspecified atom stereocenters. The fraction of sp³-hybridized carbons (Fsp3) is 0.542. The molecule has 0 N–H and O–H groups in total. The van der Waals surface area contributed by atoms with Gasteiger partial charge in [-0.2, -0.15) is 5.26 Å². The van der Waals surface area contributed by atoms with E-state index in [0.717, 1.165) is 0 Å². The first-order chi connectivity index (χ1) is 14.0. The summed E-state index contributed by atoms with van der Waals surface area (Å²) in [6.45, 7) is 15.1. The second-order valence-corrected chi connectivity index (χ2v) is 14.4. The van der Waals surface area contributed by atoms with Crippen LogP contribution in [0.25, 0.3) is 0 Å². The number of hydrogen-bond acceptors (Lipinski definition) is 5. The lowest BCUT2D eigenvalue weighted by Gasteiger charge is -2.48. The van der Waals surface area contributed by atoms with Crippen molar-refractivity contribution >= 4 is 20.1 Å². The summed E-state index contributed by atoms with van der Waals surface area (Å²) in [6, 6.07) is 8.55. The highest BCUT2D eigenvalue weighted by Crippen LogP contribution is 2.50. The number of nitrogens with zero attached hydrogens (tertiary/aromatic N) is 1. The zero-order valence-corrected chi connectivity index (χ0v) is 20.3. The number of carbonyl (C=O) groups is 2. The van der Waals surface area contributed by atoms with Gasteiger partial charge in [-0.3, -0.25) is 4.79 Å². The van der Waals surface area contributed by atoms with Crippen molar-refractivity contribution in [3.8, 4) is 6.07 Å². The summed E-state index contributed by atoms with van der Waals surface area (Å²) >= 11 is 0. The van der Waals surface area contributed by atoms with Gasteiger partial charge in [0.25, 0.3) is 8.32 Å². The zero-order chi connectivity index (χ0) is 22.8. The minimum Gasteiger partial charge on any atom is -0.545 e. The van der Waals surface area contributed by atoms with Gasteiger partial charge >= 0.3 is 5.97 Å². The van der Waals surface area contributed by atoms with Gasteiger partial charge in [-0.1, -0.05) is 60.6 Å². The standard InChI is InChI=1S/C24H33NO4Si/c1-14(2)30(15(3)4,16(5)6)29-23-17(7)20(21(23)24(27)28-8)22(26)19-11-9-18(13-25)10-12-19/h9-12,14-17,20H,1-8H3/t17-,20-/m1/s1. The minimum atomic E-state index is -2.27. The lowest BCUT2D eigenvalue weighted by Crippen LogP contribution is -2.51. The molecule has 0 fully saturated rings. The molecule has 2 rings (SSSR count). The number of ketones is 1. The molecule has 0 amide bonds. The van der Waals surface area contributed by atoms with Crippen molar-refractivity contribution in [2.24, 2.45) is 11.8 Å². The fourth-order valence-electron chi connectivity index (χ4n) is 4.98. The maximum atomic E-state index is 13.2. The number of methoxy groups -OCH3 is 1. The second kappa shape index (κ2) is 9.17. The van der Waals surface area contributed by atoms with Crippen molar-refractivity contribution in [2.75, 3.05) is 7.11 Å². The highest BCUT2D eigenvalue weighted by molar-refractivity contribution is 6.78. The number of carbonyl (C=O) groups excluding carboxylic acids is 2. The van der Waals surface area contributed by atoms with Crippen LogP contribution in [0, 0.1) is 23.2 Å². The summed E-state index contributed by atoms with van der Waals surface area (Å²) in [5.41, 5.74) is 2.37. The van der Waals surface area contributed by atoms with Crippen LogP contribution in [0.4, 0.5) is 0 Å². The lowest BCUT2D eigenvalue weighted by atomic mass is 9.70. The Hall–Kier alpha value is -2.39. The Bertz CT molecular complexity index is 856. The Balaban J connectivity index is 2.50. The van der Waals surface area contributed by atoms with Crippen molar-refractivity contribution < 1.29 is 18.8 Å². The van der Waals surface area contributed by atoms with Gasteiger partial charge in [0.2, 0.25) is 0 Å². The Morgan fingerprint density at radius 2 is 1.50 bits per heavy atom. The van der Waals surface area contributed by atoms with Gasteiger partial charge in [0.05, 0.1) is 36.0 Å². The van der Waals surface area contributed by atoms with Crippen LogP contribution < -0.4 is 0 Å². The van der Waals surface area contributed by atoms with Crippen molar-refractivity contribution in [3.05, 3.63) is 46.7 Å². The molecule has 0 aromatic heterocycles. The molecule has 0 saturated carbocycles.